The van der Waals surface area contributed by atoms with Crippen molar-refractivity contribution in [3.8, 4) is 0 Å². The molecule has 1 aliphatic heterocycles. The third-order valence-electron chi connectivity index (χ3n) is 7.73. The molecule has 1 heterocycles. The van der Waals surface area contributed by atoms with Crippen molar-refractivity contribution in [2.45, 2.75) is 91.0 Å². The summed E-state index contributed by atoms with van der Waals surface area (Å²) >= 11 is 0. The second-order valence-electron chi connectivity index (χ2n) is 10.2. The molecule has 158 valence electrons. The van der Waals surface area contributed by atoms with E-state index in [-0.39, 0.29) is 29.6 Å². The van der Waals surface area contributed by atoms with Crippen molar-refractivity contribution < 1.29 is 22.1 Å². The first kappa shape index (κ1) is 21.5. The minimum Gasteiger partial charge on any atom is -0.353 e. The van der Waals surface area contributed by atoms with Crippen LogP contribution in [-0.4, -0.2) is 39.8 Å². The van der Waals surface area contributed by atoms with Gasteiger partial charge in [0.15, 0.2) is 6.29 Å². The van der Waals surface area contributed by atoms with Gasteiger partial charge in [0.1, 0.15) is 0 Å². The molecule has 1 saturated heterocycles. The molecule has 0 bridgehead atoms. The average Bonchev–Trinajstić information content (AvgIpc) is 2.53. The van der Waals surface area contributed by atoms with Gasteiger partial charge < -0.3 is 9.47 Å². The molecule has 3 aliphatic rings. The van der Waals surface area contributed by atoms with Gasteiger partial charge in [-0.05, 0) is 68.6 Å². The molecule has 2 saturated carbocycles. The van der Waals surface area contributed by atoms with Gasteiger partial charge in [-0.1, -0.05) is 27.2 Å². The summed E-state index contributed by atoms with van der Waals surface area (Å²) in [6.07, 6.45) is 9.63. The zero-order chi connectivity index (χ0) is 19.9. The minimum absolute atomic E-state index is 0.00804. The Hall–Kier alpha value is -0.170. The van der Waals surface area contributed by atoms with Gasteiger partial charge in [0, 0.05) is 12.5 Å². The van der Waals surface area contributed by atoms with Crippen molar-refractivity contribution in [1.82, 2.24) is 0 Å². The third kappa shape index (κ3) is 4.54. The van der Waals surface area contributed by atoms with Gasteiger partial charge in [-0.15, -0.1) is 0 Å². The largest absolute Gasteiger partial charge is 0.353 e. The molecule has 0 aromatic heterocycles. The fourth-order valence-electron chi connectivity index (χ4n) is 6.41. The van der Waals surface area contributed by atoms with Gasteiger partial charge in [-0.3, -0.25) is 4.18 Å². The van der Waals surface area contributed by atoms with Gasteiger partial charge in [0.25, 0.3) is 10.1 Å². The van der Waals surface area contributed by atoms with Crippen LogP contribution >= 0.6 is 0 Å². The Balaban J connectivity index is 1.89. The maximum atomic E-state index is 11.8. The van der Waals surface area contributed by atoms with Crippen LogP contribution in [-0.2, 0) is 23.8 Å². The Morgan fingerprint density at radius 3 is 2.37 bits per heavy atom. The van der Waals surface area contributed by atoms with E-state index in [1.54, 1.807) is 0 Å². The van der Waals surface area contributed by atoms with Gasteiger partial charge >= 0.3 is 0 Å². The van der Waals surface area contributed by atoms with Crippen LogP contribution in [0, 0.1) is 22.7 Å². The first-order valence-electron chi connectivity index (χ1n) is 10.6. The van der Waals surface area contributed by atoms with E-state index in [0.29, 0.717) is 5.92 Å². The maximum Gasteiger partial charge on any atom is 0.264 e. The summed E-state index contributed by atoms with van der Waals surface area (Å²) < 4.78 is 41.4. The molecule has 0 amide bonds. The first-order chi connectivity index (χ1) is 12.5. The summed E-state index contributed by atoms with van der Waals surface area (Å²) in [4.78, 5) is 0. The Kier molecular flexibility index (Phi) is 6.05. The van der Waals surface area contributed by atoms with E-state index in [1.165, 1.54) is 12.8 Å². The lowest BCUT2D eigenvalue weighted by molar-refractivity contribution is -0.275. The van der Waals surface area contributed by atoms with Crippen LogP contribution in [0.4, 0.5) is 0 Å². The standard InChI is InChI=1S/C21H38O5S/c1-19(2)11-8-12-20(3)16(19)10-13-21(4,17(20)15-25-27(5,22)23)26-18-9-6-7-14-24-18/h16-18H,6-15H2,1-5H3/t16?,17-,18?,20+,21-/m1/s1. The normalized spacial score (nSPS) is 42.5. The van der Waals surface area contributed by atoms with Crippen LogP contribution < -0.4 is 0 Å². The molecule has 2 aliphatic carbocycles. The molecule has 2 unspecified atom stereocenters. The number of hydrogen-bond donors (Lipinski definition) is 0. The summed E-state index contributed by atoms with van der Waals surface area (Å²) in [6, 6.07) is 0. The van der Waals surface area contributed by atoms with Gasteiger partial charge in [0.2, 0.25) is 0 Å². The maximum absolute atomic E-state index is 11.8. The highest BCUT2D eigenvalue weighted by Crippen LogP contribution is 2.63. The van der Waals surface area contributed by atoms with Gasteiger partial charge in [-0.25, -0.2) is 0 Å². The van der Waals surface area contributed by atoms with E-state index >= 15 is 0 Å². The summed E-state index contributed by atoms with van der Waals surface area (Å²) in [6.45, 7) is 10.2. The molecule has 5 atom stereocenters. The van der Waals surface area contributed by atoms with E-state index in [4.69, 9.17) is 13.7 Å². The lowest BCUT2D eigenvalue weighted by atomic mass is 9.46. The van der Waals surface area contributed by atoms with E-state index in [9.17, 15) is 8.42 Å². The smallest absolute Gasteiger partial charge is 0.264 e. The van der Waals surface area contributed by atoms with Crippen molar-refractivity contribution in [2.75, 3.05) is 19.5 Å². The van der Waals surface area contributed by atoms with Crippen molar-refractivity contribution in [3.63, 3.8) is 0 Å². The summed E-state index contributed by atoms with van der Waals surface area (Å²) in [5.41, 5.74) is -0.154. The summed E-state index contributed by atoms with van der Waals surface area (Å²) in [7, 11) is -3.49. The van der Waals surface area contributed by atoms with E-state index < -0.39 is 15.7 Å². The van der Waals surface area contributed by atoms with Crippen molar-refractivity contribution in [1.29, 1.82) is 0 Å². The van der Waals surface area contributed by atoms with Crippen LogP contribution in [0.3, 0.4) is 0 Å². The summed E-state index contributed by atoms with van der Waals surface area (Å²) in [5.74, 6) is 0.583. The van der Waals surface area contributed by atoms with E-state index in [1.807, 2.05) is 0 Å². The first-order valence-corrected chi connectivity index (χ1v) is 12.4. The third-order valence-corrected chi connectivity index (χ3v) is 8.29. The Morgan fingerprint density at radius 2 is 1.74 bits per heavy atom. The van der Waals surface area contributed by atoms with Crippen molar-refractivity contribution >= 4 is 10.1 Å². The highest BCUT2D eigenvalue weighted by atomic mass is 32.2. The monoisotopic (exact) mass is 402 g/mol. The van der Waals surface area contributed by atoms with E-state index in [2.05, 4.69) is 27.7 Å². The Bertz CT molecular complexity index is 624. The highest BCUT2D eigenvalue weighted by Gasteiger charge is 2.59. The summed E-state index contributed by atoms with van der Waals surface area (Å²) in [5, 5.41) is 0. The molecule has 5 nitrogen and oxygen atoms in total. The van der Waals surface area contributed by atoms with Crippen molar-refractivity contribution in [2.24, 2.45) is 22.7 Å². The lowest BCUT2D eigenvalue weighted by Crippen LogP contribution is -2.60. The second kappa shape index (κ2) is 7.58. The van der Waals surface area contributed by atoms with Crippen LogP contribution in [0.5, 0.6) is 0 Å². The fourth-order valence-corrected chi connectivity index (χ4v) is 6.79. The number of hydrogen-bond acceptors (Lipinski definition) is 5. The van der Waals surface area contributed by atoms with Crippen LogP contribution in [0.15, 0.2) is 0 Å². The molecular weight excluding hydrogens is 364 g/mol. The quantitative estimate of drug-likeness (QED) is 0.500. The van der Waals surface area contributed by atoms with Crippen molar-refractivity contribution in [3.05, 3.63) is 0 Å². The molecule has 27 heavy (non-hydrogen) atoms. The molecule has 0 N–H and O–H groups in total. The minimum atomic E-state index is -3.49. The molecule has 6 heteroatoms. The zero-order valence-corrected chi connectivity index (χ0v) is 18.6. The molecule has 0 aromatic rings. The molecule has 0 spiro atoms. The van der Waals surface area contributed by atoms with Gasteiger partial charge in [-0.2, -0.15) is 8.42 Å². The molecule has 0 aromatic carbocycles. The predicted molar refractivity (Wildman–Crippen MR) is 106 cm³/mol. The Labute approximate surface area is 165 Å². The Morgan fingerprint density at radius 1 is 1.00 bits per heavy atom. The number of fused-ring (bicyclic) bond motifs is 1. The number of ether oxygens (including phenoxy) is 2. The topological polar surface area (TPSA) is 61.8 Å². The molecular formula is C21H38O5S. The SMILES string of the molecule is CC1(C)CCC[C@@]2(C)C1CC[C@@](C)(OC1CCCCO1)[C@@H]2COS(C)(=O)=O. The fraction of sp³-hybridized carbons (Fsp3) is 1.00. The molecule has 0 radical (unpaired) electrons. The average molecular weight is 403 g/mol. The van der Waals surface area contributed by atoms with Crippen LogP contribution in [0.2, 0.25) is 0 Å². The zero-order valence-electron chi connectivity index (χ0n) is 17.8. The molecule has 3 rings (SSSR count). The van der Waals surface area contributed by atoms with Gasteiger partial charge in [0.05, 0.1) is 18.5 Å². The highest BCUT2D eigenvalue weighted by molar-refractivity contribution is 7.85. The van der Waals surface area contributed by atoms with Crippen LogP contribution in [0.25, 0.3) is 0 Å². The lowest BCUT2D eigenvalue weighted by Gasteiger charge is -2.62. The predicted octanol–water partition coefficient (Wildman–Crippen LogP) is 4.51. The van der Waals surface area contributed by atoms with Crippen LogP contribution in [0.1, 0.15) is 79.1 Å². The second-order valence-corrected chi connectivity index (χ2v) is 11.9. The molecule has 3 fully saturated rings. The van der Waals surface area contributed by atoms with E-state index in [0.717, 1.165) is 51.4 Å². The number of rotatable bonds is 5.